The molecular formula is C13H15N5OS2. The van der Waals surface area contributed by atoms with Crippen LogP contribution >= 0.6 is 23.1 Å². The molecule has 6 nitrogen and oxygen atoms in total. The van der Waals surface area contributed by atoms with E-state index in [1.165, 1.54) is 4.88 Å². The van der Waals surface area contributed by atoms with E-state index >= 15 is 0 Å². The van der Waals surface area contributed by atoms with Gasteiger partial charge >= 0.3 is 0 Å². The van der Waals surface area contributed by atoms with Gasteiger partial charge in [0.25, 0.3) is 0 Å². The van der Waals surface area contributed by atoms with Crippen LogP contribution in [0.25, 0.3) is 0 Å². The summed E-state index contributed by atoms with van der Waals surface area (Å²) in [6.07, 6.45) is 0. The lowest BCUT2D eigenvalue weighted by Crippen LogP contribution is -2.36. The van der Waals surface area contributed by atoms with Crippen LogP contribution in [-0.4, -0.2) is 57.5 Å². The number of rotatable bonds is 3. The Kier molecular flexibility index (Phi) is 3.76. The highest BCUT2D eigenvalue weighted by Gasteiger charge is 2.22. The van der Waals surface area contributed by atoms with Crippen molar-refractivity contribution in [2.24, 2.45) is 5.10 Å². The molecule has 2 aromatic rings. The first-order valence-electron chi connectivity index (χ1n) is 6.89. The summed E-state index contributed by atoms with van der Waals surface area (Å²) in [4.78, 5) is 3.56. The molecule has 21 heavy (non-hydrogen) atoms. The second-order valence-corrected chi connectivity index (χ2v) is 6.80. The number of hydrogen-bond acceptors (Lipinski definition) is 7. The van der Waals surface area contributed by atoms with Crippen LogP contribution < -0.4 is 0 Å². The molecule has 2 aliphatic rings. The van der Waals surface area contributed by atoms with E-state index in [9.17, 15) is 0 Å². The van der Waals surface area contributed by atoms with Crippen LogP contribution in [0.4, 0.5) is 0 Å². The Morgan fingerprint density at radius 3 is 2.95 bits per heavy atom. The van der Waals surface area contributed by atoms with E-state index in [0.29, 0.717) is 0 Å². The molecule has 4 heterocycles. The molecule has 0 amide bonds. The van der Waals surface area contributed by atoms with Gasteiger partial charge in [-0.05, 0) is 11.4 Å². The number of thiophene rings is 1. The number of fused-ring (bicyclic) bond motifs is 1. The van der Waals surface area contributed by atoms with E-state index in [1.807, 2.05) is 4.68 Å². The van der Waals surface area contributed by atoms with Crippen molar-refractivity contribution in [2.45, 2.75) is 11.7 Å². The van der Waals surface area contributed by atoms with Gasteiger partial charge in [0.05, 0.1) is 30.3 Å². The molecule has 1 fully saturated rings. The second kappa shape index (κ2) is 5.88. The Hall–Kier alpha value is -1.22. The smallest absolute Gasteiger partial charge is 0.212 e. The lowest BCUT2D eigenvalue weighted by atomic mass is 10.3. The quantitative estimate of drug-likeness (QED) is 0.858. The molecule has 0 radical (unpaired) electrons. The van der Waals surface area contributed by atoms with Gasteiger partial charge in [-0.2, -0.15) is 9.78 Å². The third-order valence-corrected chi connectivity index (χ3v) is 5.36. The van der Waals surface area contributed by atoms with Gasteiger partial charge in [-0.15, -0.1) is 21.5 Å². The van der Waals surface area contributed by atoms with Crippen LogP contribution in [0, 0.1) is 0 Å². The largest absolute Gasteiger partial charge is 0.379 e. The molecule has 2 aromatic heterocycles. The molecule has 4 rings (SSSR count). The van der Waals surface area contributed by atoms with E-state index in [1.54, 1.807) is 23.1 Å². The minimum atomic E-state index is 0.776. The van der Waals surface area contributed by atoms with Gasteiger partial charge in [-0.3, -0.25) is 4.90 Å². The maximum absolute atomic E-state index is 5.38. The number of morpholine rings is 1. The summed E-state index contributed by atoms with van der Waals surface area (Å²) in [5, 5.41) is 16.3. The van der Waals surface area contributed by atoms with Crippen molar-refractivity contribution in [3.8, 4) is 0 Å². The van der Waals surface area contributed by atoms with Crippen molar-refractivity contribution in [3.63, 3.8) is 0 Å². The zero-order chi connectivity index (χ0) is 14.1. The topological polar surface area (TPSA) is 55.5 Å². The summed E-state index contributed by atoms with van der Waals surface area (Å²) in [6.45, 7) is 4.24. The van der Waals surface area contributed by atoms with Crippen LogP contribution in [0.1, 0.15) is 10.7 Å². The molecule has 0 spiro atoms. The molecule has 110 valence electrons. The predicted octanol–water partition coefficient (Wildman–Crippen LogP) is 1.53. The highest BCUT2D eigenvalue weighted by molar-refractivity contribution is 7.99. The fourth-order valence-corrected chi connectivity index (χ4v) is 4.04. The van der Waals surface area contributed by atoms with Crippen molar-refractivity contribution in [1.29, 1.82) is 0 Å². The summed E-state index contributed by atoms with van der Waals surface area (Å²) < 4.78 is 7.28. The minimum Gasteiger partial charge on any atom is -0.379 e. The van der Waals surface area contributed by atoms with Crippen molar-refractivity contribution < 1.29 is 4.74 Å². The van der Waals surface area contributed by atoms with Gasteiger partial charge in [0.15, 0.2) is 5.82 Å². The van der Waals surface area contributed by atoms with E-state index < -0.39 is 0 Å². The van der Waals surface area contributed by atoms with E-state index in [4.69, 9.17) is 9.84 Å². The lowest BCUT2D eigenvalue weighted by Gasteiger charge is -2.26. The zero-order valence-electron chi connectivity index (χ0n) is 11.4. The third kappa shape index (κ3) is 2.76. The summed E-state index contributed by atoms with van der Waals surface area (Å²) >= 11 is 3.42. The van der Waals surface area contributed by atoms with Crippen molar-refractivity contribution in [3.05, 3.63) is 28.2 Å². The molecule has 2 aliphatic heterocycles. The van der Waals surface area contributed by atoms with Crippen LogP contribution in [0.15, 0.2) is 27.8 Å². The highest BCUT2D eigenvalue weighted by atomic mass is 32.2. The molecule has 0 aromatic carbocycles. The maximum atomic E-state index is 5.38. The number of thioether (sulfide) groups is 1. The van der Waals surface area contributed by atoms with E-state index in [0.717, 1.165) is 55.3 Å². The van der Waals surface area contributed by atoms with Crippen molar-refractivity contribution >= 4 is 28.8 Å². The first-order valence-corrected chi connectivity index (χ1v) is 8.75. The Bertz CT molecular complexity index is 646. The Labute approximate surface area is 130 Å². The predicted molar refractivity (Wildman–Crippen MR) is 83.1 cm³/mol. The van der Waals surface area contributed by atoms with Crippen molar-refractivity contribution in [1.82, 2.24) is 19.8 Å². The van der Waals surface area contributed by atoms with E-state index in [-0.39, 0.29) is 0 Å². The first kappa shape index (κ1) is 13.4. The molecule has 0 atom stereocenters. The van der Waals surface area contributed by atoms with Gasteiger partial charge in [0.2, 0.25) is 5.16 Å². The van der Waals surface area contributed by atoms with Crippen LogP contribution in [-0.2, 0) is 11.3 Å². The summed E-state index contributed by atoms with van der Waals surface area (Å²) in [5.74, 6) is 1.77. The zero-order valence-corrected chi connectivity index (χ0v) is 13.1. The standard InChI is InChI=1S/C13H15N5OS2/c1-2-11(20-7-1)10-9-21-13-15-14-12(18(13)16-10)8-17-3-5-19-6-4-17/h1-2,7H,3-6,8-9H2. The lowest BCUT2D eigenvalue weighted by molar-refractivity contribution is 0.0325. The number of hydrogen-bond donors (Lipinski definition) is 0. The van der Waals surface area contributed by atoms with Gasteiger partial charge < -0.3 is 4.74 Å². The fourth-order valence-electron chi connectivity index (χ4n) is 2.39. The Morgan fingerprint density at radius 2 is 2.14 bits per heavy atom. The van der Waals surface area contributed by atoms with Crippen LogP contribution in [0.3, 0.4) is 0 Å². The number of nitrogens with zero attached hydrogens (tertiary/aromatic N) is 5. The van der Waals surface area contributed by atoms with Gasteiger partial charge in [0, 0.05) is 18.8 Å². The molecule has 0 unspecified atom stereocenters. The Balaban J connectivity index is 1.60. The fraction of sp³-hybridized carbons (Fsp3) is 0.462. The molecule has 1 saturated heterocycles. The molecule has 0 aliphatic carbocycles. The molecular weight excluding hydrogens is 306 g/mol. The monoisotopic (exact) mass is 321 g/mol. The summed E-state index contributed by atoms with van der Waals surface area (Å²) in [7, 11) is 0. The Morgan fingerprint density at radius 1 is 1.24 bits per heavy atom. The van der Waals surface area contributed by atoms with Gasteiger partial charge in [-0.25, -0.2) is 0 Å². The third-order valence-electron chi connectivity index (χ3n) is 3.51. The summed E-state index contributed by atoms with van der Waals surface area (Å²) in [6, 6.07) is 4.17. The number of aromatic nitrogens is 3. The minimum absolute atomic E-state index is 0.776. The first-order chi connectivity index (χ1) is 10.4. The maximum Gasteiger partial charge on any atom is 0.212 e. The van der Waals surface area contributed by atoms with Crippen LogP contribution in [0.5, 0.6) is 0 Å². The molecule has 0 saturated carbocycles. The van der Waals surface area contributed by atoms with Crippen LogP contribution in [0.2, 0.25) is 0 Å². The van der Waals surface area contributed by atoms with Gasteiger partial charge in [-0.1, -0.05) is 17.8 Å². The average molecular weight is 321 g/mol. The van der Waals surface area contributed by atoms with Gasteiger partial charge in [0.1, 0.15) is 0 Å². The molecule has 0 N–H and O–H groups in total. The highest BCUT2D eigenvalue weighted by Crippen LogP contribution is 2.25. The summed E-state index contributed by atoms with van der Waals surface area (Å²) in [5.41, 5.74) is 1.10. The molecule has 8 heteroatoms. The SMILES string of the molecule is c1csc(C2=Nn3c(CN4CCOCC4)nnc3SC2)c1. The second-order valence-electron chi connectivity index (χ2n) is 4.91. The molecule has 0 bridgehead atoms. The van der Waals surface area contributed by atoms with Crippen molar-refractivity contribution in [2.75, 3.05) is 32.1 Å². The normalized spacial score (nSPS) is 19.3. The van der Waals surface area contributed by atoms with E-state index in [2.05, 4.69) is 32.6 Å². The average Bonchev–Trinajstić information content (AvgIpc) is 3.18. The number of ether oxygens (including phenoxy) is 1.